The number of carbonyl (C=O) groups is 3. The summed E-state index contributed by atoms with van der Waals surface area (Å²) in [7, 11) is 1.28. The molecule has 0 aliphatic carbocycles. The van der Waals surface area contributed by atoms with Crippen molar-refractivity contribution < 1.29 is 32.3 Å². The Morgan fingerprint density at radius 3 is 2.35 bits per heavy atom. The zero-order valence-electron chi connectivity index (χ0n) is 16.7. The van der Waals surface area contributed by atoms with E-state index in [0.29, 0.717) is 42.8 Å². The summed E-state index contributed by atoms with van der Waals surface area (Å²) in [4.78, 5) is 37.7. The molecular weight excluding hydrogens is 417 g/mol. The third-order valence-electron chi connectivity index (χ3n) is 5.05. The molecular formula is C20H21F3N4O4. The summed E-state index contributed by atoms with van der Waals surface area (Å²) in [5.74, 6) is -1.54. The van der Waals surface area contributed by atoms with Crippen molar-refractivity contribution in [1.29, 1.82) is 0 Å². The molecule has 2 heterocycles. The monoisotopic (exact) mass is 438 g/mol. The van der Waals surface area contributed by atoms with Crippen LogP contribution in [0.2, 0.25) is 0 Å². The summed E-state index contributed by atoms with van der Waals surface area (Å²) in [6.07, 6.45) is -3.27. The van der Waals surface area contributed by atoms with E-state index in [4.69, 9.17) is 0 Å². The fourth-order valence-corrected chi connectivity index (χ4v) is 3.38. The largest absolute Gasteiger partial charge is 0.465 e. The number of amides is 2. The molecule has 1 aromatic heterocycles. The molecule has 11 heteroatoms. The van der Waals surface area contributed by atoms with E-state index in [-0.39, 0.29) is 17.5 Å². The summed E-state index contributed by atoms with van der Waals surface area (Å²) in [6.45, 7) is -0.483. The Labute approximate surface area is 175 Å². The van der Waals surface area contributed by atoms with Crippen molar-refractivity contribution in [3.8, 4) is 0 Å². The Morgan fingerprint density at radius 2 is 1.77 bits per heavy atom. The van der Waals surface area contributed by atoms with E-state index in [0.717, 1.165) is 0 Å². The number of rotatable bonds is 5. The first-order valence-electron chi connectivity index (χ1n) is 9.56. The summed E-state index contributed by atoms with van der Waals surface area (Å²) < 4.78 is 41.3. The molecule has 0 atom stereocenters. The second kappa shape index (κ2) is 9.19. The molecule has 0 bridgehead atoms. The van der Waals surface area contributed by atoms with Crippen molar-refractivity contribution in [3.63, 3.8) is 0 Å². The lowest BCUT2D eigenvalue weighted by atomic mass is 9.93. The number of carbonyl (C=O) groups excluding carboxylic acids is 3. The highest BCUT2D eigenvalue weighted by Gasteiger charge is 2.29. The number of alkyl halides is 3. The van der Waals surface area contributed by atoms with Crippen molar-refractivity contribution in [3.05, 3.63) is 52.8 Å². The van der Waals surface area contributed by atoms with E-state index in [9.17, 15) is 27.6 Å². The van der Waals surface area contributed by atoms with Gasteiger partial charge in [0, 0.05) is 30.3 Å². The fourth-order valence-electron chi connectivity index (χ4n) is 3.38. The first-order chi connectivity index (χ1) is 14.7. The molecule has 0 unspecified atom stereocenters. The number of nitrogens with one attached hydrogen (secondary N) is 2. The number of hydrogen-bond donors (Lipinski definition) is 2. The summed E-state index contributed by atoms with van der Waals surface area (Å²) in [5.41, 5.74) is 1.35. The number of likely N-dealkylation sites (tertiary alicyclic amines) is 1. The van der Waals surface area contributed by atoms with Gasteiger partial charge in [-0.25, -0.2) is 4.79 Å². The number of piperidine rings is 1. The molecule has 2 N–H and O–H groups in total. The van der Waals surface area contributed by atoms with Crippen LogP contribution in [0, 0.1) is 0 Å². The standard InChI is InChI=1S/C20H21F3N4O4/c1-31-19(30)14-4-2-13(3-5-14)18(29)27-8-6-12(7-9-27)15-10-16(26-25-15)17(28)24-11-20(21,22)23/h2-5,10,12H,6-9,11H2,1H3,(H,24,28)(H,25,26). The Morgan fingerprint density at radius 1 is 1.16 bits per heavy atom. The molecule has 166 valence electrons. The van der Waals surface area contributed by atoms with Gasteiger partial charge in [-0.1, -0.05) is 0 Å². The molecule has 0 spiro atoms. The number of nitrogens with zero attached hydrogens (tertiary/aromatic N) is 2. The number of methoxy groups -OCH3 is 1. The molecule has 1 aromatic carbocycles. The van der Waals surface area contributed by atoms with Crippen LogP contribution in [0.25, 0.3) is 0 Å². The summed E-state index contributed by atoms with van der Waals surface area (Å²) >= 11 is 0. The summed E-state index contributed by atoms with van der Waals surface area (Å²) in [6, 6.07) is 7.64. The van der Waals surface area contributed by atoms with Crippen LogP contribution < -0.4 is 5.32 Å². The molecule has 1 saturated heterocycles. The Bertz CT molecular complexity index is 948. The molecule has 0 radical (unpaired) electrons. The Kier molecular flexibility index (Phi) is 6.62. The van der Waals surface area contributed by atoms with Gasteiger partial charge in [-0.2, -0.15) is 18.3 Å². The van der Waals surface area contributed by atoms with Crippen LogP contribution in [0.1, 0.15) is 55.7 Å². The van der Waals surface area contributed by atoms with Crippen LogP contribution in [-0.4, -0.2) is 65.8 Å². The molecule has 2 aromatic rings. The molecule has 1 aliphatic rings. The topological polar surface area (TPSA) is 104 Å². The van der Waals surface area contributed by atoms with Crippen LogP contribution in [0.3, 0.4) is 0 Å². The minimum absolute atomic E-state index is 0.00224. The van der Waals surface area contributed by atoms with Crippen LogP contribution >= 0.6 is 0 Å². The maximum Gasteiger partial charge on any atom is 0.405 e. The first kappa shape index (κ1) is 22.3. The molecule has 0 saturated carbocycles. The van der Waals surface area contributed by atoms with Crippen molar-refractivity contribution in [1.82, 2.24) is 20.4 Å². The number of halogens is 3. The first-order valence-corrected chi connectivity index (χ1v) is 9.56. The van der Waals surface area contributed by atoms with Gasteiger partial charge in [0.25, 0.3) is 11.8 Å². The Hall–Kier alpha value is -3.37. The van der Waals surface area contributed by atoms with Crippen molar-refractivity contribution in [2.45, 2.75) is 24.9 Å². The fraction of sp³-hybridized carbons (Fsp3) is 0.400. The van der Waals surface area contributed by atoms with Crippen molar-refractivity contribution in [2.24, 2.45) is 0 Å². The van der Waals surface area contributed by atoms with Crippen LogP contribution in [0.4, 0.5) is 13.2 Å². The predicted octanol–water partition coefficient (Wildman–Crippen LogP) is 2.51. The van der Waals surface area contributed by atoms with E-state index in [1.807, 2.05) is 0 Å². The number of hydrogen-bond acceptors (Lipinski definition) is 5. The normalized spacial score (nSPS) is 14.9. The van der Waals surface area contributed by atoms with E-state index in [2.05, 4.69) is 14.9 Å². The Balaban J connectivity index is 1.55. The van der Waals surface area contributed by atoms with Gasteiger partial charge in [-0.3, -0.25) is 14.7 Å². The van der Waals surface area contributed by atoms with E-state index >= 15 is 0 Å². The zero-order valence-corrected chi connectivity index (χ0v) is 16.7. The lowest BCUT2D eigenvalue weighted by Crippen LogP contribution is -2.38. The minimum atomic E-state index is -4.49. The van der Waals surface area contributed by atoms with Gasteiger partial charge < -0.3 is 15.0 Å². The van der Waals surface area contributed by atoms with Gasteiger partial charge in [-0.15, -0.1) is 0 Å². The SMILES string of the molecule is COC(=O)c1ccc(C(=O)N2CCC(c3cc(C(=O)NCC(F)(F)F)n[nH]3)CC2)cc1. The smallest absolute Gasteiger partial charge is 0.405 e. The van der Waals surface area contributed by atoms with E-state index in [1.54, 1.807) is 22.3 Å². The molecule has 31 heavy (non-hydrogen) atoms. The number of aromatic nitrogens is 2. The highest BCUT2D eigenvalue weighted by atomic mass is 19.4. The molecule has 8 nitrogen and oxygen atoms in total. The quantitative estimate of drug-likeness (QED) is 0.698. The number of ether oxygens (including phenoxy) is 1. The maximum atomic E-state index is 12.7. The molecule has 1 fully saturated rings. The van der Waals surface area contributed by atoms with E-state index < -0.39 is 24.6 Å². The second-order valence-electron chi connectivity index (χ2n) is 7.14. The average Bonchev–Trinajstić information content (AvgIpc) is 3.26. The number of benzene rings is 1. The second-order valence-corrected chi connectivity index (χ2v) is 7.14. The third-order valence-corrected chi connectivity index (χ3v) is 5.05. The lowest BCUT2D eigenvalue weighted by molar-refractivity contribution is -0.123. The number of esters is 1. The molecule has 1 aliphatic heterocycles. The van der Waals surface area contributed by atoms with Crippen LogP contribution in [-0.2, 0) is 4.74 Å². The molecule has 3 rings (SSSR count). The van der Waals surface area contributed by atoms with Gasteiger partial charge in [0.2, 0.25) is 0 Å². The summed E-state index contributed by atoms with van der Waals surface area (Å²) in [5, 5.41) is 8.29. The highest BCUT2D eigenvalue weighted by molar-refractivity contribution is 5.96. The molecule has 2 amide bonds. The minimum Gasteiger partial charge on any atom is -0.465 e. The average molecular weight is 438 g/mol. The highest BCUT2D eigenvalue weighted by Crippen LogP contribution is 2.28. The van der Waals surface area contributed by atoms with Gasteiger partial charge in [0.15, 0.2) is 0 Å². The third kappa shape index (κ3) is 5.62. The van der Waals surface area contributed by atoms with Gasteiger partial charge in [0.05, 0.1) is 12.7 Å². The van der Waals surface area contributed by atoms with Crippen LogP contribution in [0.15, 0.2) is 30.3 Å². The maximum absolute atomic E-state index is 12.7. The van der Waals surface area contributed by atoms with Crippen molar-refractivity contribution >= 4 is 17.8 Å². The predicted molar refractivity (Wildman–Crippen MR) is 103 cm³/mol. The zero-order chi connectivity index (χ0) is 22.6. The van der Waals surface area contributed by atoms with Gasteiger partial charge >= 0.3 is 12.1 Å². The number of aromatic amines is 1. The lowest BCUT2D eigenvalue weighted by Gasteiger charge is -2.31. The van der Waals surface area contributed by atoms with E-state index in [1.165, 1.54) is 25.3 Å². The number of H-pyrrole nitrogens is 1. The van der Waals surface area contributed by atoms with Gasteiger partial charge in [0.1, 0.15) is 12.2 Å². The van der Waals surface area contributed by atoms with Gasteiger partial charge in [-0.05, 0) is 43.2 Å². The van der Waals surface area contributed by atoms with Crippen molar-refractivity contribution in [2.75, 3.05) is 26.7 Å². The van der Waals surface area contributed by atoms with Crippen LogP contribution in [0.5, 0.6) is 0 Å².